The zero-order valence-electron chi connectivity index (χ0n) is 14.2. The molecule has 4 nitrogen and oxygen atoms in total. The van der Waals surface area contributed by atoms with E-state index in [4.69, 9.17) is 14.7 Å². The number of benzene rings is 2. The molecule has 0 unspecified atom stereocenters. The van der Waals surface area contributed by atoms with Crippen LogP contribution in [0.2, 0.25) is 0 Å². The molecule has 0 aliphatic rings. The van der Waals surface area contributed by atoms with Gasteiger partial charge in [0.05, 0.1) is 6.61 Å². The summed E-state index contributed by atoms with van der Waals surface area (Å²) in [7, 11) is 1.52. The van der Waals surface area contributed by atoms with Crippen molar-refractivity contribution in [3.05, 3.63) is 65.2 Å². The van der Waals surface area contributed by atoms with E-state index in [0.717, 1.165) is 15.4 Å². The Bertz CT molecular complexity index is 774. The minimum atomic E-state index is -0.641. The van der Waals surface area contributed by atoms with Gasteiger partial charge in [0.25, 0.3) is 0 Å². The van der Waals surface area contributed by atoms with Gasteiger partial charge in [0.15, 0.2) is 0 Å². The Kier molecular flexibility index (Phi) is 7.27. The first kappa shape index (κ1) is 18.8. The number of esters is 1. The van der Waals surface area contributed by atoms with Crippen LogP contribution in [0.15, 0.2) is 63.9 Å². The molecular formula is C20H19NO3S. The maximum atomic E-state index is 11.8. The molecule has 0 amide bonds. The number of nitriles is 1. The lowest BCUT2D eigenvalue weighted by Gasteiger charge is -2.04. The van der Waals surface area contributed by atoms with E-state index in [1.54, 1.807) is 11.8 Å². The number of rotatable bonds is 7. The van der Waals surface area contributed by atoms with E-state index >= 15 is 0 Å². The Labute approximate surface area is 152 Å². The maximum Gasteiger partial charge on any atom is 0.348 e. The van der Waals surface area contributed by atoms with Crippen molar-refractivity contribution in [3.8, 4) is 6.07 Å². The number of nitrogens with zero attached hydrogens (tertiary/aromatic N) is 1. The molecule has 25 heavy (non-hydrogen) atoms. The highest BCUT2D eigenvalue weighted by atomic mass is 32.2. The Morgan fingerprint density at radius 3 is 2.24 bits per heavy atom. The van der Waals surface area contributed by atoms with Crippen LogP contribution in [0.25, 0.3) is 6.08 Å². The standard InChI is InChI=1S/C20H19NO3S/c1-15-3-7-18(8-4-15)25-19-9-5-16(6-10-19)13-17(14-21)20(22)24-12-11-23-2/h3-10,13H,11-12H2,1-2H3/b17-13+. The monoisotopic (exact) mass is 353 g/mol. The third kappa shape index (κ3) is 6.11. The number of carbonyl (C=O) groups is 1. The van der Waals surface area contributed by atoms with Crippen molar-refractivity contribution in [2.24, 2.45) is 0 Å². The molecule has 0 N–H and O–H groups in total. The lowest BCUT2D eigenvalue weighted by atomic mass is 10.1. The predicted octanol–water partition coefficient (Wildman–Crippen LogP) is 4.24. The second-order valence-electron chi connectivity index (χ2n) is 5.28. The summed E-state index contributed by atoms with van der Waals surface area (Å²) in [4.78, 5) is 14.1. The van der Waals surface area contributed by atoms with E-state index in [-0.39, 0.29) is 12.2 Å². The minimum absolute atomic E-state index is 0.0324. The van der Waals surface area contributed by atoms with Gasteiger partial charge >= 0.3 is 5.97 Å². The van der Waals surface area contributed by atoms with Crippen LogP contribution in [0.4, 0.5) is 0 Å². The Morgan fingerprint density at radius 1 is 1.08 bits per heavy atom. The number of carbonyl (C=O) groups excluding carboxylic acids is 1. The number of methoxy groups -OCH3 is 1. The van der Waals surface area contributed by atoms with Crippen molar-refractivity contribution in [1.29, 1.82) is 5.26 Å². The van der Waals surface area contributed by atoms with Gasteiger partial charge < -0.3 is 9.47 Å². The molecule has 0 aliphatic heterocycles. The van der Waals surface area contributed by atoms with Gasteiger partial charge in [0.2, 0.25) is 0 Å². The molecule has 2 aromatic rings. The zero-order valence-corrected chi connectivity index (χ0v) is 15.0. The normalized spacial score (nSPS) is 11.0. The number of aryl methyl sites for hydroxylation is 1. The summed E-state index contributed by atoms with van der Waals surface area (Å²) < 4.78 is 9.77. The SMILES string of the molecule is COCCOC(=O)/C(C#N)=C/c1ccc(Sc2ccc(C)cc2)cc1. The van der Waals surface area contributed by atoms with E-state index in [1.165, 1.54) is 18.7 Å². The van der Waals surface area contributed by atoms with E-state index in [2.05, 4.69) is 31.2 Å². The smallest absolute Gasteiger partial charge is 0.348 e. The maximum absolute atomic E-state index is 11.8. The molecule has 0 bridgehead atoms. The van der Waals surface area contributed by atoms with E-state index < -0.39 is 5.97 Å². The Balaban J connectivity index is 2.03. The lowest BCUT2D eigenvalue weighted by molar-refractivity contribution is -0.139. The van der Waals surface area contributed by atoms with Crippen molar-refractivity contribution < 1.29 is 14.3 Å². The van der Waals surface area contributed by atoms with Gasteiger partial charge in [-0.2, -0.15) is 5.26 Å². The molecule has 0 fully saturated rings. The summed E-state index contributed by atoms with van der Waals surface area (Å²) in [5.41, 5.74) is 1.97. The fourth-order valence-electron chi connectivity index (χ4n) is 1.97. The molecule has 2 rings (SSSR count). The first-order valence-corrected chi connectivity index (χ1v) is 8.56. The highest BCUT2D eigenvalue weighted by molar-refractivity contribution is 7.99. The van der Waals surface area contributed by atoms with Crippen molar-refractivity contribution in [3.63, 3.8) is 0 Å². The summed E-state index contributed by atoms with van der Waals surface area (Å²) in [5.74, 6) is -0.641. The highest BCUT2D eigenvalue weighted by Gasteiger charge is 2.10. The second-order valence-corrected chi connectivity index (χ2v) is 6.43. The quantitative estimate of drug-likeness (QED) is 0.322. The summed E-state index contributed by atoms with van der Waals surface area (Å²) in [6, 6.07) is 17.9. The summed E-state index contributed by atoms with van der Waals surface area (Å²) in [5, 5.41) is 9.13. The van der Waals surface area contributed by atoms with Crippen LogP contribution >= 0.6 is 11.8 Å². The largest absolute Gasteiger partial charge is 0.459 e. The first-order valence-electron chi connectivity index (χ1n) is 7.75. The van der Waals surface area contributed by atoms with Crippen LogP contribution in [0, 0.1) is 18.3 Å². The van der Waals surface area contributed by atoms with E-state index in [1.807, 2.05) is 30.3 Å². The topological polar surface area (TPSA) is 59.3 Å². The van der Waals surface area contributed by atoms with Crippen molar-refractivity contribution >= 4 is 23.8 Å². The van der Waals surface area contributed by atoms with Gasteiger partial charge in [-0.3, -0.25) is 0 Å². The van der Waals surface area contributed by atoms with Crippen LogP contribution in [-0.2, 0) is 14.3 Å². The van der Waals surface area contributed by atoms with Crippen molar-refractivity contribution in [1.82, 2.24) is 0 Å². The fraction of sp³-hybridized carbons (Fsp3) is 0.200. The van der Waals surface area contributed by atoms with Crippen LogP contribution in [-0.4, -0.2) is 26.3 Å². The first-order chi connectivity index (χ1) is 12.1. The van der Waals surface area contributed by atoms with Crippen LogP contribution < -0.4 is 0 Å². The number of ether oxygens (including phenoxy) is 2. The fourth-order valence-corrected chi connectivity index (χ4v) is 2.79. The molecule has 0 saturated heterocycles. The minimum Gasteiger partial charge on any atom is -0.459 e. The molecule has 0 aliphatic carbocycles. The molecule has 0 atom stereocenters. The lowest BCUT2D eigenvalue weighted by Crippen LogP contribution is -2.11. The molecule has 0 heterocycles. The second kappa shape index (κ2) is 9.67. The molecule has 0 spiro atoms. The predicted molar refractivity (Wildman–Crippen MR) is 98.2 cm³/mol. The van der Waals surface area contributed by atoms with Gasteiger partial charge in [-0.05, 0) is 42.8 Å². The van der Waals surface area contributed by atoms with Crippen molar-refractivity contribution in [2.45, 2.75) is 16.7 Å². The molecule has 0 radical (unpaired) electrons. The third-order valence-corrected chi connectivity index (χ3v) is 4.32. The summed E-state index contributed by atoms with van der Waals surface area (Å²) in [6.45, 7) is 2.48. The van der Waals surface area contributed by atoms with Crippen LogP contribution in [0.5, 0.6) is 0 Å². The molecule has 128 valence electrons. The zero-order chi connectivity index (χ0) is 18.1. The van der Waals surface area contributed by atoms with Gasteiger partial charge in [0, 0.05) is 16.9 Å². The Morgan fingerprint density at radius 2 is 1.68 bits per heavy atom. The number of hydrogen-bond donors (Lipinski definition) is 0. The summed E-state index contributed by atoms with van der Waals surface area (Å²) in [6.07, 6.45) is 1.52. The summed E-state index contributed by atoms with van der Waals surface area (Å²) >= 11 is 1.66. The van der Waals surface area contributed by atoms with E-state index in [9.17, 15) is 4.79 Å². The molecular weight excluding hydrogens is 334 g/mol. The molecule has 5 heteroatoms. The number of hydrogen-bond acceptors (Lipinski definition) is 5. The van der Waals surface area contributed by atoms with Crippen LogP contribution in [0.3, 0.4) is 0 Å². The highest BCUT2D eigenvalue weighted by Crippen LogP contribution is 2.28. The van der Waals surface area contributed by atoms with Gasteiger partial charge in [-0.15, -0.1) is 0 Å². The molecule has 2 aromatic carbocycles. The van der Waals surface area contributed by atoms with Crippen molar-refractivity contribution in [2.75, 3.05) is 20.3 Å². The molecule has 0 saturated carbocycles. The molecule has 0 aromatic heterocycles. The van der Waals surface area contributed by atoms with Gasteiger partial charge in [0.1, 0.15) is 18.2 Å². The average Bonchev–Trinajstić information content (AvgIpc) is 2.63. The van der Waals surface area contributed by atoms with Crippen LogP contribution in [0.1, 0.15) is 11.1 Å². The average molecular weight is 353 g/mol. The van der Waals surface area contributed by atoms with Gasteiger partial charge in [-0.1, -0.05) is 41.6 Å². The van der Waals surface area contributed by atoms with Gasteiger partial charge in [-0.25, -0.2) is 4.79 Å². The third-order valence-electron chi connectivity index (χ3n) is 3.31. The van der Waals surface area contributed by atoms with E-state index in [0.29, 0.717) is 6.61 Å². The Hall–Kier alpha value is -2.55.